The molecule has 0 spiro atoms. The maximum absolute atomic E-state index is 4.08. The van der Waals surface area contributed by atoms with E-state index in [2.05, 4.69) is 64.6 Å². The van der Waals surface area contributed by atoms with E-state index in [0.29, 0.717) is 0 Å². The second-order valence-corrected chi connectivity index (χ2v) is 16.2. The van der Waals surface area contributed by atoms with Crippen LogP contribution in [0.3, 0.4) is 0 Å². The largest absolute Gasteiger partial charge is 0.323 e. The van der Waals surface area contributed by atoms with Gasteiger partial charge in [-0.25, -0.2) is 0 Å². The van der Waals surface area contributed by atoms with E-state index in [-0.39, 0.29) is 0 Å². The van der Waals surface area contributed by atoms with E-state index < -0.39 is 16.3 Å². The van der Waals surface area contributed by atoms with Gasteiger partial charge in [-0.15, -0.1) is 12.3 Å². The first-order valence-corrected chi connectivity index (χ1v) is 13.6. The minimum atomic E-state index is -1.25. The van der Waals surface area contributed by atoms with Crippen molar-refractivity contribution in [2.75, 3.05) is 6.17 Å². The third-order valence-electron chi connectivity index (χ3n) is 4.84. The Morgan fingerprint density at radius 2 is 1.50 bits per heavy atom. The van der Waals surface area contributed by atoms with Gasteiger partial charge in [0.05, 0.1) is 8.07 Å². The quantitative estimate of drug-likeness (QED) is 0.535. The SMILES string of the molecule is C=C[Si](C)(C)CN(C(C)CC)[Si](CC)(CC)CC. The van der Waals surface area contributed by atoms with E-state index in [9.17, 15) is 0 Å². The van der Waals surface area contributed by atoms with Crippen molar-refractivity contribution in [3.8, 4) is 0 Å². The van der Waals surface area contributed by atoms with Gasteiger partial charge in [-0.2, -0.15) is 0 Å². The molecule has 0 fully saturated rings. The summed E-state index contributed by atoms with van der Waals surface area (Å²) < 4.78 is 2.95. The lowest BCUT2D eigenvalue weighted by molar-refractivity contribution is 0.355. The van der Waals surface area contributed by atoms with Crippen molar-refractivity contribution in [1.29, 1.82) is 0 Å². The lowest BCUT2D eigenvalue weighted by atomic mass is 10.3. The Bertz CT molecular complexity index is 239. The Morgan fingerprint density at radius 3 is 1.78 bits per heavy atom. The smallest absolute Gasteiger partial charge is 0.127 e. The van der Waals surface area contributed by atoms with Crippen LogP contribution in [0.5, 0.6) is 0 Å². The molecule has 0 saturated heterocycles. The van der Waals surface area contributed by atoms with E-state index in [4.69, 9.17) is 0 Å². The van der Waals surface area contributed by atoms with Crippen LogP contribution < -0.4 is 0 Å². The third kappa shape index (κ3) is 4.35. The third-order valence-corrected chi connectivity index (χ3v) is 13.2. The molecule has 0 aromatic rings. The standard InChI is InChI=1S/C15H35NSi2/c1-9-15(6)16(14-17(7,8)10-2)18(11-3,12-4)13-5/h10,15H,2,9,11-14H2,1,3-8H3. The Hall–Kier alpha value is 0.134. The van der Waals surface area contributed by atoms with Crippen molar-refractivity contribution in [2.24, 2.45) is 0 Å². The molecule has 0 bridgehead atoms. The van der Waals surface area contributed by atoms with Crippen LogP contribution in [0.4, 0.5) is 0 Å². The van der Waals surface area contributed by atoms with Crippen LogP contribution in [-0.4, -0.2) is 33.1 Å². The van der Waals surface area contributed by atoms with Gasteiger partial charge in [-0.3, -0.25) is 0 Å². The van der Waals surface area contributed by atoms with Gasteiger partial charge in [0.15, 0.2) is 0 Å². The average molecular weight is 286 g/mol. The first kappa shape index (κ1) is 18.1. The molecule has 0 radical (unpaired) electrons. The van der Waals surface area contributed by atoms with Gasteiger partial charge >= 0.3 is 0 Å². The molecule has 0 heterocycles. The fourth-order valence-corrected chi connectivity index (χ4v) is 10.6. The Balaban J connectivity index is 5.26. The van der Waals surface area contributed by atoms with E-state index in [0.717, 1.165) is 6.04 Å². The van der Waals surface area contributed by atoms with Crippen LogP contribution in [0.2, 0.25) is 31.2 Å². The zero-order valence-electron chi connectivity index (χ0n) is 13.8. The molecule has 0 saturated carbocycles. The van der Waals surface area contributed by atoms with Crippen LogP contribution in [0.15, 0.2) is 12.3 Å². The predicted molar refractivity (Wildman–Crippen MR) is 91.3 cm³/mol. The molecule has 18 heavy (non-hydrogen) atoms. The van der Waals surface area contributed by atoms with Crippen LogP contribution in [-0.2, 0) is 0 Å². The van der Waals surface area contributed by atoms with Gasteiger partial charge < -0.3 is 4.57 Å². The lowest BCUT2D eigenvalue weighted by Crippen LogP contribution is -2.60. The summed E-state index contributed by atoms with van der Waals surface area (Å²) >= 11 is 0. The van der Waals surface area contributed by atoms with Gasteiger partial charge in [-0.05, 0) is 36.8 Å². The van der Waals surface area contributed by atoms with Crippen molar-refractivity contribution < 1.29 is 0 Å². The van der Waals surface area contributed by atoms with Crippen LogP contribution in [0.1, 0.15) is 41.0 Å². The Morgan fingerprint density at radius 1 is 1.06 bits per heavy atom. The predicted octanol–water partition coefficient (Wildman–Crippen LogP) is 5.06. The average Bonchev–Trinajstić information content (AvgIpc) is 2.39. The zero-order chi connectivity index (χ0) is 14.4. The maximum atomic E-state index is 4.08. The molecule has 0 aromatic carbocycles. The number of nitrogens with zero attached hydrogens (tertiary/aromatic N) is 1. The highest BCUT2D eigenvalue weighted by molar-refractivity contribution is 6.84. The molecular formula is C15H35NSi2. The van der Waals surface area contributed by atoms with Crippen LogP contribution in [0, 0.1) is 0 Å². The van der Waals surface area contributed by atoms with E-state index in [1.165, 1.54) is 30.7 Å². The highest BCUT2D eigenvalue weighted by Gasteiger charge is 2.39. The van der Waals surface area contributed by atoms with Gasteiger partial charge in [-0.1, -0.05) is 47.7 Å². The minimum Gasteiger partial charge on any atom is -0.323 e. The van der Waals surface area contributed by atoms with Crippen molar-refractivity contribution in [3.05, 3.63) is 12.3 Å². The zero-order valence-corrected chi connectivity index (χ0v) is 15.8. The van der Waals surface area contributed by atoms with Gasteiger partial charge in [0.2, 0.25) is 0 Å². The molecule has 0 aliphatic carbocycles. The summed E-state index contributed by atoms with van der Waals surface area (Å²) in [6.07, 6.45) is 2.59. The van der Waals surface area contributed by atoms with E-state index >= 15 is 0 Å². The Kier molecular flexibility index (Phi) is 7.71. The number of hydrogen-bond donors (Lipinski definition) is 0. The van der Waals surface area contributed by atoms with Crippen molar-refractivity contribution in [2.45, 2.75) is 78.3 Å². The van der Waals surface area contributed by atoms with Crippen LogP contribution in [0.25, 0.3) is 0 Å². The molecule has 0 amide bonds. The minimum absolute atomic E-state index is 0.739. The molecule has 1 unspecified atom stereocenters. The van der Waals surface area contributed by atoms with Gasteiger partial charge in [0, 0.05) is 0 Å². The molecule has 1 nitrogen and oxygen atoms in total. The van der Waals surface area contributed by atoms with E-state index in [1.807, 2.05) is 0 Å². The summed E-state index contributed by atoms with van der Waals surface area (Å²) in [4.78, 5) is 0. The summed E-state index contributed by atoms with van der Waals surface area (Å²) in [5, 5.41) is 0. The molecule has 1 atom stereocenters. The first-order valence-electron chi connectivity index (χ1n) is 7.72. The summed E-state index contributed by atoms with van der Waals surface area (Å²) in [5.41, 5.74) is 2.27. The first-order chi connectivity index (χ1) is 8.32. The summed E-state index contributed by atoms with van der Waals surface area (Å²) in [7, 11) is -2.49. The van der Waals surface area contributed by atoms with Crippen molar-refractivity contribution >= 4 is 16.3 Å². The highest BCUT2D eigenvalue weighted by Crippen LogP contribution is 2.29. The monoisotopic (exact) mass is 285 g/mol. The van der Waals surface area contributed by atoms with Crippen molar-refractivity contribution in [3.63, 3.8) is 0 Å². The molecular weight excluding hydrogens is 250 g/mol. The molecule has 0 N–H and O–H groups in total. The second-order valence-electron chi connectivity index (χ2n) is 6.36. The van der Waals surface area contributed by atoms with Crippen molar-refractivity contribution in [1.82, 2.24) is 4.57 Å². The lowest BCUT2D eigenvalue weighted by Gasteiger charge is -2.47. The maximum Gasteiger partial charge on any atom is 0.127 e. The molecule has 108 valence electrons. The number of hydrogen-bond acceptors (Lipinski definition) is 1. The van der Waals surface area contributed by atoms with Gasteiger partial charge in [0.25, 0.3) is 0 Å². The topological polar surface area (TPSA) is 3.24 Å². The molecule has 0 aromatic heterocycles. The summed E-state index contributed by atoms with van der Waals surface area (Å²) in [6, 6.07) is 4.92. The summed E-state index contributed by atoms with van der Waals surface area (Å²) in [6.45, 7) is 21.0. The summed E-state index contributed by atoms with van der Waals surface area (Å²) in [5.74, 6) is 0. The normalized spacial score (nSPS) is 14.9. The fraction of sp³-hybridized carbons (Fsp3) is 0.867. The van der Waals surface area contributed by atoms with Crippen LogP contribution >= 0.6 is 0 Å². The van der Waals surface area contributed by atoms with Gasteiger partial charge in [0.1, 0.15) is 8.24 Å². The molecule has 0 aliphatic heterocycles. The molecule has 0 rings (SSSR count). The van der Waals surface area contributed by atoms with E-state index in [1.54, 1.807) is 0 Å². The Labute approximate surface area is 118 Å². The highest BCUT2D eigenvalue weighted by atomic mass is 28.3. The fourth-order valence-electron chi connectivity index (χ4n) is 2.87. The molecule has 3 heteroatoms. The molecule has 0 aliphatic rings. The number of rotatable bonds is 9. The second kappa shape index (κ2) is 7.66.